The maximum absolute atomic E-state index is 12.6. The van der Waals surface area contributed by atoms with Gasteiger partial charge in [-0.05, 0) is 123 Å². The number of aromatic nitrogens is 3. The molecule has 98 heavy (non-hydrogen) atoms. The normalized spacial score (nSPS) is 11.8. The van der Waals surface area contributed by atoms with E-state index in [2.05, 4.69) is 122 Å². The number of rotatable bonds is 31. The van der Waals surface area contributed by atoms with E-state index in [1.165, 1.54) is 79.8 Å². The van der Waals surface area contributed by atoms with Gasteiger partial charge in [0, 0.05) is 106 Å². The number of anilines is 3. The summed E-state index contributed by atoms with van der Waals surface area (Å²) >= 11 is 3.35. The van der Waals surface area contributed by atoms with Crippen molar-refractivity contribution in [2.24, 2.45) is 21.0 Å². The van der Waals surface area contributed by atoms with Gasteiger partial charge in [0.15, 0.2) is 24.8 Å². The number of benzene rings is 5. The van der Waals surface area contributed by atoms with Crippen molar-refractivity contribution in [3.8, 4) is 6.07 Å². The zero-order valence-electron chi connectivity index (χ0n) is 57.0. The van der Waals surface area contributed by atoms with Gasteiger partial charge in [0.25, 0.3) is 23.6 Å². The lowest BCUT2D eigenvalue weighted by molar-refractivity contribution is -0.697. The van der Waals surface area contributed by atoms with E-state index < -0.39 is 0 Å². The number of hydrogen-bond donors (Lipinski definition) is 1. The van der Waals surface area contributed by atoms with Crippen LogP contribution in [-0.4, -0.2) is 102 Å². The molecule has 0 aliphatic carbocycles. The Balaban J connectivity index is 0.000000294. The lowest BCUT2D eigenvalue weighted by atomic mass is 10.1. The summed E-state index contributed by atoms with van der Waals surface area (Å²) in [7, 11) is 0. The van der Waals surface area contributed by atoms with E-state index in [4.69, 9.17) is 16.1 Å². The minimum atomic E-state index is -0.225. The third-order valence-corrected chi connectivity index (χ3v) is 15.9. The number of unbranched alkanes of at least 4 members (excludes halogenated alkanes) is 6. The van der Waals surface area contributed by atoms with E-state index in [9.17, 15) is 19.2 Å². The molecule has 0 bridgehead atoms. The number of halogens is 3. The van der Waals surface area contributed by atoms with Crippen LogP contribution in [0.4, 0.5) is 17.1 Å². The maximum Gasteiger partial charge on any atom is 0.261 e. The number of pyridine rings is 3. The van der Waals surface area contributed by atoms with Crippen molar-refractivity contribution < 1.29 is 62.3 Å². The van der Waals surface area contributed by atoms with Gasteiger partial charge in [-0.25, -0.2) is 9.13 Å². The molecule has 10 rings (SSSR count). The summed E-state index contributed by atoms with van der Waals surface area (Å²) < 4.78 is 4.43. The van der Waals surface area contributed by atoms with Gasteiger partial charge < -0.3 is 39.7 Å². The number of alkyl halides is 1. The molecule has 0 radical (unpaired) electrons. The Morgan fingerprint density at radius 1 is 0.449 bits per heavy atom. The first-order chi connectivity index (χ1) is 47.1. The number of aryl methyl sites for hydroxylation is 2. The number of carbonyl (C=O) groups is 4. The maximum atomic E-state index is 12.6. The van der Waals surface area contributed by atoms with Crippen LogP contribution in [0.2, 0.25) is 0 Å². The van der Waals surface area contributed by atoms with Crippen LogP contribution in [0, 0.1) is 11.3 Å². The van der Waals surface area contributed by atoms with Gasteiger partial charge >= 0.3 is 0 Å². The lowest BCUT2D eigenvalue weighted by Crippen LogP contribution is -3.00. The molecule has 0 fully saturated rings. The highest BCUT2D eigenvalue weighted by Crippen LogP contribution is 2.25. The summed E-state index contributed by atoms with van der Waals surface area (Å²) in [5, 5.41) is 28.3. The van der Waals surface area contributed by atoms with Crippen molar-refractivity contribution in [1.82, 2.24) is 14.8 Å². The average molecular weight is 1520 g/mol. The summed E-state index contributed by atoms with van der Waals surface area (Å²) in [6, 6.07) is 57.8. The monoisotopic (exact) mass is 1510 g/mol. The van der Waals surface area contributed by atoms with E-state index in [1.54, 1.807) is 73.2 Å². The Kier molecular flexibility index (Phi) is 39.9. The average Bonchev–Trinajstić information content (AvgIpc) is 1.65. The molecule has 20 heteroatoms. The molecule has 0 spiro atoms. The fraction of sp³-hybridized carbons (Fsp3) is 0.321. The number of amides is 4. The number of nitrogens with zero attached hydrogens (tertiary/aromatic N) is 12. The van der Waals surface area contributed by atoms with E-state index >= 15 is 0 Å². The topological polar surface area (TPSA) is 192 Å². The molecule has 17 nitrogen and oxygen atoms in total. The first kappa shape index (κ1) is 81.6. The van der Waals surface area contributed by atoms with Crippen LogP contribution in [0.3, 0.4) is 0 Å². The molecule has 2 aliphatic rings. The molecule has 0 atom stereocenters. The van der Waals surface area contributed by atoms with Gasteiger partial charge in [-0.3, -0.25) is 49.0 Å². The Morgan fingerprint density at radius 2 is 0.745 bits per heavy atom. The Bertz CT molecular complexity index is 3620. The number of nitriles is 1. The van der Waals surface area contributed by atoms with Crippen molar-refractivity contribution in [3.05, 3.63) is 252 Å². The number of carbonyl (C=O) groups excluding carboxylic acids is 4. The van der Waals surface area contributed by atoms with Gasteiger partial charge in [0.2, 0.25) is 0 Å². The molecule has 2 aliphatic heterocycles. The molecule has 5 aromatic carbocycles. The van der Waals surface area contributed by atoms with Gasteiger partial charge in [-0.15, -0.1) is 0 Å². The molecule has 2 N–H and O–H groups in total. The zero-order chi connectivity index (χ0) is 68.4. The molecule has 8 aromatic rings. The van der Waals surface area contributed by atoms with Crippen LogP contribution in [0.1, 0.15) is 163 Å². The minimum Gasteiger partial charge on any atom is -1.00 e. The number of nitrogens with two attached hydrogens (primary N) is 1. The van der Waals surface area contributed by atoms with Crippen molar-refractivity contribution in [2.45, 2.75) is 118 Å². The second-order valence-corrected chi connectivity index (χ2v) is 23.4. The highest BCUT2D eigenvalue weighted by molar-refractivity contribution is 9.09. The van der Waals surface area contributed by atoms with E-state index in [0.29, 0.717) is 67.8 Å². The molecule has 4 amide bonds. The Morgan fingerprint density at radius 3 is 1.04 bits per heavy atom. The van der Waals surface area contributed by atoms with Crippen LogP contribution in [0.15, 0.2) is 228 Å². The van der Waals surface area contributed by atoms with Crippen LogP contribution in [0.5, 0.6) is 0 Å². The Labute approximate surface area is 610 Å². The SMILES string of the molecule is CC#N.CCCCCBr.CCCCC[n+]1ccc(/C=N/N(CCCN)c2ccccc2)cc1.CCCCC[n+]1ccc(/C=N/N(CCCN2C(=O)c3ccccc3C2=O)c2ccccc2)cc1.O=C1c2ccccc2C(=O)N1CCCN(/N=C/c1ccncc1)c1ccccc1.[Br-].[Br-]. The van der Waals surface area contributed by atoms with E-state index in [1.807, 2.05) is 118 Å². The van der Waals surface area contributed by atoms with Crippen LogP contribution in [-0.2, 0) is 13.1 Å². The van der Waals surface area contributed by atoms with Crippen molar-refractivity contribution in [2.75, 3.05) is 59.6 Å². The molecule has 516 valence electrons. The fourth-order valence-corrected chi connectivity index (χ4v) is 10.5. The largest absolute Gasteiger partial charge is 1.00 e. The predicted molar refractivity (Wildman–Crippen MR) is 392 cm³/mol. The fourth-order valence-electron chi connectivity index (χ4n) is 10.1. The third kappa shape index (κ3) is 27.6. The number of hydrogen-bond acceptors (Lipinski definition) is 13. The molecule has 5 heterocycles. The summed E-state index contributed by atoms with van der Waals surface area (Å²) in [4.78, 5) is 57.0. The summed E-state index contributed by atoms with van der Waals surface area (Å²) in [5.74, 6) is -0.881. The molecule has 0 saturated carbocycles. The Hall–Kier alpha value is -8.87. The molecule has 0 unspecified atom stereocenters. The smallest absolute Gasteiger partial charge is 0.261 e. The summed E-state index contributed by atoms with van der Waals surface area (Å²) in [6.07, 6.45) is 31.0. The van der Waals surface area contributed by atoms with Crippen molar-refractivity contribution in [3.63, 3.8) is 0 Å². The van der Waals surface area contributed by atoms with E-state index in [0.717, 1.165) is 59.8 Å². The number of fused-ring (bicyclic) bond motifs is 2. The number of imide groups is 2. The van der Waals surface area contributed by atoms with Crippen LogP contribution < -0.4 is 63.9 Å². The van der Waals surface area contributed by atoms with Crippen molar-refractivity contribution >= 4 is 75.3 Å². The van der Waals surface area contributed by atoms with Gasteiger partial charge in [0.05, 0.1) is 64.0 Å². The molecule has 3 aromatic heterocycles. The van der Waals surface area contributed by atoms with Gasteiger partial charge in [0.1, 0.15) is 13.1 Å². The summed E-state index contributed by atoms with van der Waals surface area (Å²) in [5.41, 5.74) is 13.7. The summed E-state index contributed by atoms with van der Waals surface area (Å²) in [6.45, 7) is 13.5. The standard InChI is InChI=1S/C28H31N4O2.C23H20N4O2.C20H29N4.C5H11Br.C2H3N.2BrH/c1-2-3-9-17-30-20-15-23(16-21-30)22-29-32(24-11-5-4-6-12-24)19-10-18-31-27(33)25-13-7-8-14-26(25)28(31)34;28-22-20-9-4-5-10-21(20)23(29)26(22)15-6-16-27(19-7-2-1-3-8-19)25-17-18-11-13-24-14-12-18;1-2-3-7-14-23-16-11-19(12-17-23)18-22-24(15-8-13-21)20-9-5-4-6-10-20;1-2-3-4-5-6;1-2-3;;/h4-8,11-16,20-22H,2-3,9-10,17-19H2,1H3;1-5,7-14,17H,6,15-16H2;4-6,9-12,16-18H,2-3,7-8,13-15,21H2,1H3;2-5H2,1H3;1H3;2*1H/q+1;;+1;;;;/p-2/b;25-17+;;;;;. The second kappa shape index (κ2) is 47.9. The molecule has 0 saturated heterocycles. The molecular weight excluding hydrogens is 1420 g/mol. The highest BCUT2D eigenvalue weighted by Gasteiger charge is 2.36. The first-order valence-corrected chi connectivity index (χ1v) is 34.6. The third-order valence-electron chi connectivity index (χ3n) is 15.4. The highest BCUT2D eigenvalue weighted by atomic mass is 79.9. The minimum absolute atomic E-state index is 0. The van der Waals surface area contributed by atoms with E-state index in [-0.39, 0.29) is 57.6 Å². The van der Waals surface area contributed by atoms with Crippen LogP contribution in [0.25, 0.3) is 0 Å². The second-order valence-electron chi connectivity index (χ2n) is 22.6. The number of para-hydroxylation sites is 3. The van der Waals surface area contributed by atoms with Crippen molar-refractivity contribution in [1.29, 1.82) is 5.26 Å². The van der Waals surface area contributed by atoms with Crippen LogP contribution >= 0.6 is 15.9 Å². The van der Waals surface area contributed by atoms with Gasteiger partial charge in [-0.1, -0.05) is 141 Å². The molecular formula is C78H94Br3N13O4. The zero-order valence-corrected chi connectivity index (χ0v) is 61.8. The lowest BCUT2D eigenvalue weighted by Gasteiger charge is -2.21. The quantitative estimate of drug-likeness (QED) is 0.0110. The first-order valence-electron chi connectivity index (χ1n) is 33.5. The van der Waals surface area contributed by atoms with Gasteiger partial charge in [-0.2, -0.15) is 20.6 Å². The predicted octanol–water partition coefficient (Wildman–Crippen LogP) is 8.76. The number of hydrazone groups is 3.